The summed E-state index contributed by atoms with van der Waals surface area (Å²) in [4.78, 5) is 12.3. The van der Waals surface area contributed by atoms with Gasteiger partial charge in [-0.2, -0.15) is 0 Å². The van der Waals surface area contributed by atoms with Gasteiger partial charge in [0.25, 0.3) is 5.22 Å². The second kappa shape index (κ2) is 8.61. The minimum atomic E-state index is -0.0466. The number of nitrogens with zero attached hydrogens (tertiary/aromatic N) is 2. The number of benzene rings is 2. The Bertz CT molecular complexity index is 955. The standard InChI is InChI=1S/C22H23N3O2S/c1-15(18-12-11-16-7-5-6-10-19(16)13-18)23-20(26)14-28-22-25-24-21(27-22)17-8-3-2-4-9-17/h2-4,8-9,11-13,15H,5-7,10,14H2,1H3,(H,23,26)/t15-/m1/s1. The Morgan fingerprint density at radius 2 is 1.89 bits per heavy atom. The molecule has 0 saturated carbocycles. The molecule has 1 heterocycles. The number of thioether (sulfide) groups is 1. The summed E-state index contributed by atoms with van der Waals surface area (Å²) in [6, 6.07) is 16.2. The van der Waals surface area contributed by atoms with Crippen LogP contribution >= 0.6 is 11.8 Å². The molecule has 0 saturated heterocycles. The van der Waals surface area contributed by atoms with Crippen LogP contribution < -0.4 is 5.32 Å². The molecule has 4 rings (SSSR count). The summed E-state index contributed by atoms with van der Waals surface area (Å²) in [5, 5.41) is 11.5. The Kier molecular flexibility index (Phi) is 5.76. The van der Waals surface area contributed by atoms with Crippen LogP contribution in [-0.2, 0) is 17.6 Å². The van der Waals surface area contributed by atoms with Crippen LogP contribution in [0.25, 0.3) is 11.5 Å². The Morgan fingerprint density at radius 3 is 2.71 bits per heavy atom. The molecule has 144 valence electrons. The summed E-state index contributed by atoms with van der Waals surface area (Å²) in [5.41, 5.74) is 4.91. The van der Waals surface area contributed by atoms with E-state index >= 15 is 0 Å². The Balaban J connectivity index is 1.31. The van der Waals surface area contributed by atoms with Gasteiger partial charge in [0, 0.05) is 5.56 Å². The first-order chi connectivity index (χ1) is 13.7. The number of hydrogen-bond donors (Lipinski definition) is 1. The number of aromatic nitrogens is 2. The van der Waals surface area contributed by atoms with Gasteiger partial charge in [0.15, 0.2) is 0 Å². The van der Waals surface area contributed by atoms with Crippen molar-refractivity contribution in [3.8, 4) is 11.5 Å². The van der Waals surface area contributed by atoms with E-state index in [-0.39, 0.29) is 17.7 Å². The molecule has 1 aliphatic carbocycles. The minimum absolute atomic E-state index is 0.0251. The van der Waals surface area contributed by atoms with Crippen LogP contribution in [0.4, 0.5) is 0 Å². The van der Waals surface area contributed by atoms with Crippen LogP contribution in [-0.4, -0.2) is 21.9 Å². The minimum Gasteiger partial charge on any atom is -0.411 e. The van der Waals surface area contributed by atoms with Crippen molar-refractivity contribution in [2.24, 2.45) is 0 Å². The molecule has 1 aliphatic rings. The molecule has 0 radical (unpaired) electrons. The topological polar surface area (TPSA) is 68.0 Å². The highest BCUT2D eigenvalue weighted by Crippen LogP contribution is 2.25. The van der Waals surface area contributed by atoms with Crippen molar-refractivity contribution in [2.45, 2.75) is 43.9 Å². The maximum atomic E-state index is 12.3. The van der Waals surface area contributed by atoms with Gasteiger partial charge in [0.05, 0.1) is 11.8 Å². The third kappa shape index (κ3) is 4.44. The van der Waals surface area contributed by atoms with Crippen molar-refractivity contribution in [1.82, 2.24) is 15.5 Å². The molecule has 0 bridgehead atoms. The number of fused-ring (bicyclic) bond motifs is 1. The van der Waals surface area contributed by atoms with E-state index in [0.717, 1.165) is 17.5 Å². The van der Waals surface area contributed by atoms with Crippen LogP contribution in [0.15, 0.2) is 58.2 Å². The van der Waals surface area contributed by atoms with Gasteiger partial charge >= 0.3 is 0 Å². The number of carbonyl (C=O) groups excluding carboxylic acids is 1. The molecule has 0 fully saturated rings. The van der Waals surface area contributed by atoms with Gasteiger partial charge in [-0.25, -0.2) is 0 Å². The summed E-state index contributed by atoms with van der Waals surface area (Å²) < 4.78 is 5.63. The second-order valence-electron chi connectivity index (χ2n) is 7.05. The monoisotopic (exact) mass is 393 g/mol. The lowest BCUT2D eigenvalue weighted by Gasteiger charge is -2.20. The zero-order chi connectivity index (χ0) is 19.3. The lowest BCUT2D eigenvalue weighted by atomic mass is 9.89. The van der Waals surface area contributed by atoms with Crippen molar-refractivity contribution in [3.63, 3.8) is 0 Å². The average Bonchev–Trinajstić information content (AvgIpc) is 3.22. The molecule has 0 aliphatic heterocycles. The summed E-state index contributed by atoms with van der Waals surface area (Å²) in [5.74, 6) is 0.659. The zero-order valence-corrected chi connectivity index (χ0v) is 16.7. The summed E-state index contributed by atoms with van der Waals surface area (Å²) in [6.45, 7) is 2.02. The van der Waals surface area contributed by atoms with Gasteiger partial charge in [0.2, 0.25) is 11.8 Å². The Morgan fingerprint density at radius 1 is 1.11 bits per heavy atom. The van der Waals surface area contributed by atoms with E-state index in [1.807, 2.05) is 37.3 Å². The average molecular weight is 394 g/mol. The maximum Gasteiger partial charge on any atom is 0.277 e. The number of aryl methyl sites for hydroxylation is 2. The van der Waals surface area contributed by atoms with E-state index in [1.165, 1.54) is 42.2 Å². The van der Waals surface area contributed by atoms with Crippen LogP contribution in [0, 0.1) is 0 Å². The van der Waals surface area contributed by atoms with Crippen molar-refractivity contribution in [3.05, 3.63) is 65.2 Å². The smallest absolute Gasteiger partial charge is 0.277 e. The van der Waals surface area contributed by atoms with Gasteiger partial charge in [-0.3, -0.25) is 4.79 Å². The highest BCUT2D eigenvalue weighted by atomic mass is 32.2. The SMILES string of the molecule is C[C@@H](NC(=O)CSc1nnc(-c2ccccc2)o1)c1ccc2c(c1)CCCC2. The Labute approximate surface area is 168 Å². The summed E-state index contributed by atoms with van der Waals surface area (Å²) in [6.07, 6.45) is 4.84. The van der Waals surface area contributed by atoms with Gasteiger partial charge in [0.1, 0.15) is 0 Å². The maximum absolute atomic E-state index is 12.3. The van der Waals surface area contributed by atoms with Crippen LogP contribution in [0.3, 0.4) is 0 Å². The summed E-state index contributed by atoms with van der Waals surface area (Å²) in [7, 11) is 0. The van der Waals surface area contributed by atoms with Crippen molar-refractivity contribution in [2.75, 3.05) is 5.75 Å². The van der Waals surface area contributed by atoms with E-state index in [9.17, 15) is 4.79 Å². The molecule has 0 unspecified atom stereocenters. The number of amides is 1. The number of rotatable bonds is 6. The Hall–Kier alpha value is -2.60. The second-order valence-corrected chi connectivity index (χ2v) is 7.98. The first-order valence-corrected chi connectivity index (χ1v) is 10.6. The summed E-state index contributed by atoms with van der Waals surface area (Å²) >= 11 is 1.25. The fourth-order valence-electron chi connectivity index (χ4n) is 3.48. The quantitative estimate of drug-likeness (QED) is 0.621. The fraction of sp³-hybridized carbons (Fsp3) is 0.318. The molecule has 0 spiro atoms. The van der Waals surface area contributed by atoms with Gasteiger partial charge in [-0.1, -0.05) is 48.2 Å². The first-order valence-electron chi connectivity index (χ1n) is 9.62. The molecular weight excluding hydrogens is 370 g/mol. The normalized spacial score (nSPS) is 14.3. The van der Waals surface area contributed by atoms with E-state index in [0.29, 0.717) is 11.1 Å². The highest BCUT2D eigenvalue weighted by Gasteiger charge is 2.15. The van der Waals surface area contributed by atoms with E-state index in [1.54, 1.807) is 0 Å². The van der Waals surface area contributed by atoms with Gasteiger partial charge in [-0.15, -0.1) is 10.2 Å². The molecule has 1 amide bonds. The molecule has 5 nitrogen and oxygen atoms in total. The largest absolute Gasteiger partial charge is 0.411 e. The van der Waals surface area contributed by atoms with Crippen molar-refractivity contribution in [1.29, 1.82) is 0 Å². The van der Waals surface area contributed by atoms with E-state index < -0.39 is 0 Å². The lowest BCUT2D eigenvalue weighted by molar-refractivity contribution is -0.119. The molecular formula is C22H23N3O2S. The predicted molar refractivity (Wildman–Crippen MR) is 110 cm³/mol. The van der Waals surface area contributed by atoms with Crippen LogP contribution in [0.1, 0.15) is 42.5 Å². The fourth-order valence-corrected chi connectivity index (χ4v) is 4.06. The van der Waals surface area contributed by atoms with Crippen molar-refractivity contribution < 1.29 is 9.21 Å². The molecule has 3 aromatic rings. The van der Waals surface area contributed by atoms with E-state index in [2.05, 4.69) is 33.7 Å². The lowest BCUT2D eigenvalue weighted by Crippen LogP contribution is -2.28. The predicted octanol–water partition coefficient (Wildman–Crippen LogP) is 4.58. The molecule has 1 atom stereocenters. The van der Waals surface area contributed by atoms with Crippen LogP contribution in [0.5, 0.6) is 0 Å². The third-order valence-electron chi connectivity index (χ3n) is 5.00. The molecule has 1 aromatic heterocycles. The first kappa shape index (κ1) is 18.7. The number of nitrogens with one attached hydrogen (secondary N) is 1. The third-order valence-corrected chi connectivity index (χ3v) is 5.82. The van der Waals surface area contributed by atoms with Gasteiger partial charge in [-0.05, 0) is 61.4 Å². The molecule has 28 heavy (non-hydrogen) atoms. The zero-order valence-electron chi connectivity index (χ0n) is 15.9. The van der Waals surface area contributed by atoms with Crippen LogP contribution in [0.2, 0.25) is 0 Å². The molecule has 6 heteroatoms. The van der Waals surface area contributed by atoms with Gasteiger partial charge < -0.3 is 9.73 Å². The molecule has 2 aromatic carbocycles. The van der Waals surface area contributed by atoms with E-state index in [4.69, 9.17) is 4.42 Å². The number of carbonyl (C=O) groups is 1. The number of hydrogen-bond acceptors (Lipinski definition) is 5. The highest BCUT2D eigenvalue weighted by molar-refractivity contribution is 7.99. The van der Waals surface area contributed by atoms with Crippen molar-refractivity contribution >= 4 is 17.7 Å². The molecule has 1 N–H and O–H groups in total.